The summed E-state index contributed by atoms with van der Waals surface area (Å²) in [5.41, 5.74) is 3.32. The van der Waals surface area contributed by atoms with Crippen molar-refractivity contribution < 1.29 is 14.3 Å². The lowest BCUT2D eigenvalue weighted by molar-refractivity contribution is -0.155. The SMILES string of the molecule is CCCCC1=C(C)C(=O)[C@@](C)(C(=O)OCC)/C(=C\c2ccccc2)[C@@H]1c1ccccc1. The molecule has 31 heavy (non-hydrogen) atoms. The van der Waals surface area contributed by atoms with Crippen LogP contribution in [0.25, 0.3) is 6.08 Å². The molecular weight excluding hydrogens is 384 g/mol. The fraction of sp³-hybridized carbons (Fsp3) is 0.357. The van der Waals surface area contributed by atoms with Crippen molar-refractivity contribution in [2.45, 2.75) is 52.9 Å². The topological polar surface area (TPSA) is 43.4 Å². The van der Waals surface area contributed by atoms with Crippen LogP contribution in [0.3, 0.4) is 0 Å². The molecule has 3 nitrogen and oxygen atoms in total. The number of hydrogen-bond acceptors (Lipinski definition) is 3. The molecule has 0 fully saturated rings. The molecular formula is C28H32O3. The number of carbonyl (C=O) groups excluding carboxylic acids is 2. The van der Waals surface area contributed by atoms with Gasteiger partial charge in [0.05, 0.1) is 6.61 Å². The predicted molar refractivity (Wildman–Crippen MR) is 126 cm³/mol. The molecule has 1 aliphatic rings. The van der Waals surface area contributed by atoms with Crippen LogP contribution < -0.4 is 0 Å². The standard InChI is InChI=1S/C28H32O3/c1-5-7-18-23-20(3)26(29)28(4,27(30)31-6-2)24(19-21-14-10-8-11-15-21)25(23)22-16-12-9-13-17-22/h8-17,19,25H,5-7,18H2,1-4H3/b24-19-/t25-,28+/m1/s1. The molecule has 0 bridgehead atoms. The lowest BCUT2D eigenvalue weighted by atomic mass is 9.61. The van der Waals surface area contributed by atoms with E-state index in [4.69, 9.17) is 4.74 Å². The molecule has 162 valence electrons. The number of benzene rings is 2. The molecule has 0 unspecified atom stereocenters. The molecule has 0 heterocycles. The molecule has 0 saturated heterocycles. The van der Waals surface area contributed by atoms with E-state index in [-0.39, 0.29) is 18.3 Å². The van der Waals surface area contributed by atoms with Crippen LogP contribution in [0, 0.1) is 5.41 Å². The molecule has 2 aromatic rings. The zero-order chi connectivity index (χ0) is 22.4. The summed E-state index contributed by atoms with van der Waals surface area (Å²) in [7, 11) is 0. The highest BCUT2D eigenvalue weighted by molar-refractivity contribution is 6.17. The molecule has 0 spiro atoms. The quantitative estimate of drug-likeness (QED) is 0.381. The third-order valence-electron chi connectivity index (χ3n) is 6.25. The van der Waals surface area contributed by atoms with Crippen molar-refractivity contribution in [3.05, 3.63) is 88.5 Å². The summed E-state index contributed by atoms with van der Waals surface area (Å²) in [4.78, 5) is 27.0. The van der Waals surface area contributed by atoms with Crippen LogP contribution in [0.5, 0.6) is 0 Å². The fourth-order valence-corrected chi connectivity index (χ4v) is 4.51. The number of esters is 1. The Kier molecular flexibility index (Phi) is 7.27. The van der Waals surface area contributed by atoms with Crippen molar-refractivity contribution >= 4 is 17.8 Å². The van der Waals surface area contributed by atoms with Crippen LogP contribution in [0.2, 0.25) is 0 Å². The van der Waals surface area contributed by atoms with Gasteiger partial charge in [0, 0.05) is 5.92 Å². The Hall–Kier alpha value is -2.94. The van der Waals surface area contributed by atoms with E-state index in [2.05, 4.69) is 19.1 Å². The lowest BCUT2D eigenvalue weighted by Crippen LogP contribution is -2.45. The van der Waals surface area contributed by atoms with Gasteiger partial charge in [-0.2, -0.15) is 0 Å². The van der Waals surface area contributed by atoms with Crippen molar-refractivity contribution in [3.8, 4) is 0 Å². The zero-order valence-electron chi connectivity index (χ0n) is 19.0. The van der Waals surface area contributed by atoms with Crippen molar-refractivity contribution in [1.29, 1.82) is 0 Å². The maximum Gasteiger partial charge on any atom is 0.323 e. The first-order valence-electron chi connectivity index (χ1n) is 11.2. The number of ketones is 1. The molecule has 3 rings (SSSR count). The highest BCUT2D eigenvalue weighted by Crippen LogP contribution is 2.51. The van der Waals surface area contributed by atoms with Crippen LogP contribution >= 0.6 is 0 Å². The second-order valence-corrected chi connectivity index (χ2v) is 8.28. The highest BCUT2D eigenvalue weighted by atomic mass is 16.5. The van der Waals surface area contributed by atoms with Crippen LogP contribution in [0.15, 0.2) is 77.4 Å². The number of allylic oxidation sites excluding steroid dienone is 2. The van der Waals surface area contributed by atoms with E-state index < -0.39 is 11.4 Å². The number of Topliss-reactive ketones (excluding diaryl/α,β-unsaturated/α-hetero) is 1. The molecule has 0 aliphatic heterocycles. The molecule has 0 radical (unpaired) electrons. The Morgan fingerprint density at radius 3 is 2.23 bits per heavy atom. The largest absolute Gasteiger partial charge is 0.465 e. The Bertz CT molecular complexity index is 985. The first kappa shape index (κ1) is 22.7. The maximum absolute atomic E-state index is 13.7. The van der Waals surface area contributed by atoms with Gasteiger partial charge in [0.1, 0.15) is 5.41 Å². The fourth-order valence-electron chi connectivity index (χ4n) is 4.51. The van der Waals surface area contributed by atoms with E-state index >= 15 is 0 Å². The van der Waals surface area contributed by atoms with Crippen molar-refractivity contribution in [3.63, 3.8) is 0 Å². The minimum Gasteiger partial charge on any atom is -0.465 e. The van der Waals surface area contributed by atoms with Crippen LogP contribution in [-0.4, -0.2) is 18.4 Å². The number of hydrogen-bond donors (Lipinski definition) is 0. The van der Waals surface area contributed by atoms with Gasteiger partial charge in [0.15, 0.2) is 5.78 Å². The van der Waals surface area contributed by atoms with Crippen LogP contribution in [-0.2, 0) is 14.3 Å². The molecule has 0 amide bonds. The first-order valence-corrected chi connectivity index (χ1v) is 11.2. The number of carbonyl (C=O) groups is 2. The van der Waals surface area contributed by atoms with Gasteiger partial charge >= 0.3 is 5.97 Å². The minimum atomic E-state index is -1.36. The Morgan fingerprint density at radius 1 is 1.03 bits per heavy atom. The smallest absolute Gasteiger partial charge is 0.323 e. The van der Waals surface area contributed by atoms with Gasteiger partial charge < -0.3 is 4.74 Å². The van der Waals surface area contributed by atoms with Gasteiger partial charge in [-0.1, -0.05) is 85.7 Å². The van der Waals surface area contributed by atoms with Gasteiger partial charge in [-0.15, -0.1) is 0 Å². The van der Waals surface area contributed by atoms with Gasteiger partial charge in [-0.25, -0.2) is 0 Å². The summed E-state index contributed by atoms with van der Waals surface area (Å²) in [5, 5.41) is 0. The van der Waals surface area contributed by atoms with E-state index in [9.17, 15) is 9.59 Å². The van der Waals surface area contributed by atoms with E-state index in [0.29, 0.717) is 5.57 Å². The van der Waals surface area contributed by atoms with Gasteiger partial charge in [0.2, 0.25) is 0 Å². The van der Waals surface area contributed by atoms with E-state index in [1.165, 1.54) is 0 Å². The van der Waals surface area contributed by atoms with Crippen molar-refractivity contribution in [1.82, 2.24) is 0 Å². The monoisotopic (exact) mass is 416 g/mol. The lowest BCUT2D eigenvalue weighted by Gasteiger charge is -2.40. The van der Waals surface area contributed by atoms with E-state index in [0.717, 1.165) is 41.5 Å². The molecule has 0 N–H and O–H groups in total. The molecule has 0 saturated carbocycles. The average Bonchev–Trinajstić information content (AvgIpc) is 2.80. The number of unbranched alkanes of at least 4 members (excludes halogenated alkanes) is 1. The Morgan fingerprint density at radius 2 is 1.65 bits per heavy atom. The summed E-state index contributed by atoms with van der Waals surface area (Å²) in [5.74, 6) is -0.761. The Labute approximate surface area is 185 Å². The molecule has 2 atom stereocenters. The molecule has 0 aromatic heterocycles. The number of ether oxygens (including phenoxy) is 1. The first-order chi connectivity index (χ1) is 14.9. The summed E-state index contributed by atoms with van der Waals surface area (Å²) in [6.07, 6.45) is 4.89. The second kappa shape index (κ2) is 9.91. The van der Waals surface area contributed by atoms with E-state index in [1.807, 2.05) is 61.5 Å². The summed E-state index contributed by atoms with van der Waals surface area (Å²) >= 11 is 0. The maximum atomic E-state index is 13.7. The second-order valence-electron chi connectivity index (χ2n) is 8.28. The minimum absolute atomic E-state index is 0.139. The summed E-state index contributed by atoms with van der Waals surface area (Å²) < 4.78 is 5.45. The van der Waals surface area contributed by atoms with Crippen LogP contribution in [0.1, 0.15) is 64.0 Å². The molecule has 1 aliphatic carbocycles. The third kappa shape index (κ3) is 4.41. The van der Waals surface area contributed by atoms with Crippen molar-refractivity contribution in [2.24, 2.45) is 5.41 Å². The predicted octanol–water partition coefficient (Wildman–Crippen LogP) is 6.51. The summed E-state index contributed by atoms with van der Waals surface area (Å²) in [6, 6.07) is 20.1. The molecule has 2 aromatic carbocycles. The third-order valence-corrected chi connectivity index (χ3v) is 6.25. The zero-order valence-corrected chi connectivity index (χ0v) is 19.0. The van der Waals surface area contributed by atoms with Gasteiger partial charge in [0.25, 0.3) is 0 Å². The molecule has 3 heteroatoms. The highest BCUT2D eigenvalue weighted by Gasteiger charge is 2.53. The van der Waals surface area contributed by atoms with Crippen molar-refractivity contribution in [2.75, 3.05) is 6.61 Å². The van der Waals surface area contributed by atoms with Gasteiger partial charge in [-0.05, 0) is 55.9 Å². The van der Waals surface area contributed by atoms with Crippen LogP contribution in [0.4, 0.5) is 0 Å². The van der Waals surface area contributed by atoms with E-state index in [1.54, 1.807) is 13.8 Å². The number of rotatable bonds is 7. The van der Waals surface area contributed by atoms with Gasteiger partial charge in [-0.3, -0.25) is 9.59 Å². The summed E-state index contributed by atoms with van der Waals surface area (Å²) in [6.45, 7) is 7.78. The average molecular weight is 417 g/mol. The normalized spacial score (nSPS) is 22.6. The Balaban J connectivity index is 2.32.